The Morgan fingerprint density at radius 1 is 1.17 bits per heavy atom. The summed E-state index contributed by atoms with van der Waals surface area (Å²) < 4.78 is 62.7. The average Bonchev–Trinajstić information content (AvgIpc) is 3.17. The Bertz CT molecular complexity index is 1200. The molecule has 1 aliphatic heterocycles. The second-order valence-corrected chi connectivity index (χ2v) is 7.61. The third-order valence-corrected chi connectivity index (χ3v) is 5.17. The molecule has 12 heteroatoms. The van der Waals surface area contributed by atoms with E-state index >= 15 is 0 Å². The normalized spacial score (nSPS) is 14.6. The molecule has 0 radical (unpaired) electrons. The molecule has 2 heterocycles. The van der Waals surface area contributed by atoms with Crippen molar-refractivity contribution in [3.8, 4) is 17.2 Å². The van der Waals surface area contributed by atoms with Gasteiger partial charge in [0.25, 0.3) is 0 Å². The van der Waals surface area contributed by atoms with Crippen LogP contribution in [0.3, 0.4) is 0 Å². The van der Waals surface area contributed by atoms with Crippen molar-refractivity contribution in [2.45, 2.75) is 32.7 Å². The van der Waals surface area contributed by atoms with Crippen molar-refractivity contribution in [2.75, 3.05) is 20.8 Å². The number of halogens is 4. The topological polar surface area (TPSA) is 84.7 Å². The average molecular weight is 514 g/mol. The van der Waals surface area contributed by atoms with E-state index in [9.17, 15) is 18.0 Å². The fourth-order valence-electron chi connectivity index (χ4n) is 3.61. The number of rotatable bonds is 4. The molecule has 3 aromatic rings. The van der Waals surface area contributed by atoms with E-state index in [0.29, 0.717) is 34.3 Å². The SMILES string of the molecule is CCOC(C)=O.COc1cccc([C@H]2OCc3nnc(C(F)(F)F)n3-c3ccc(Cl)cc32)c1OC. The van der Waals surface area contributed by atoms with Crippen molar-refractivity contribution in [3.05, 3.63) is 64.2 Å². The molecule has 0 amide bonds. The van der Waals surface area contributed by atoms with Crippen LogP contribution >= 0.6 is 11.6 Å². The Hall–Kier alpha value is -3.31. The number of hydrogen-bond acceptors (Lipinski definition) is 7. The molecule has 0 N–H and O–H groups in total. The van der Waals surface area contributed by atoms with E-state index in [2.05, 4.69) is 14.9 Å². The van der Waals surface area contributed by atoms with Crippen molar-refractivity contribution in [1.82, 2.24) is 14.8 Å². The number of esters is 1. The molecule has 8 nitrogen and oxygen atoms in total. The predicted octanol–water partition coefficient (Wildman–Crippen LogP) is 5.15. The van der Waals surface area contributed by atoms with E-state index in [0.717, 1.165) is 4.57 Å². The standard InChI is InChI=1S/C19H15ClF3N3O3.C4H8O2/c1-27-14-5-3-4-11(17(14)28-2)16-12-8-10(20)6-7-13(12)26-15(9-29-16)24-25-18(26)19(21,22)23;1-3-6-4(2)5/h3-8,16H,9H2,1-2H3;3H2,1-2H3/t16-;/m1./s1. The molecule has 0 fully saturated rings. The lowest BCUT2D eigenvalue weighted by molar-refractivity contribution is -0.146. The van der Waals surface area contributed by atoms with Crippen molar-refractivity contribution >= 4 is 17.6 Å². The molecule has 0 saturated heterocycles. The molecule has 1 aliphatic rings. The number of nitrogens with zero attached hydrogens (tertiary/aromatic N) is 3. The maximum absolute atomic E-state index is 13.5. The minimum absolute atomic E-state index is 0.0326. The molecule has 0 saturated carbocycles. The maximum Gasteiger partial charge on any atom is 0.452 e. The van der Waals surface area contributed by atoms with Crippen LogP contribution in [0.25, 0.3) is 5.69 Å². The van der Waals surface area contributed by atoms with E-state index in [-0.39, 0.29) is 24.1 Å². The van der Waals surface area contributed by atoms with E-state index in [1.165, 1.54) is 33.3 Å². The summed E-state index contributed by atoms with van der Waals surface area (Å²) in [5.41, 5.74) is 1.24. The van der Waals surface area contributed by atoms with E-state index in [1.54, 1.807) is 31.2 Å². The van der Waals surface area contributed by atoms with Gasteiger partial charge >= 0.3 is 12.1 Å². The number of fused-ring (bicyclic) bond motifs is 3. The molecular formula is C23H23ClF3N3O5. The van der Waals surface area contributed by atoms with Gasteiger partial charge in [-0.2, -0.15) is 13.2 Å². The number of alkyl halides is 3. The van der Waals surface area contributed by atoms with Crippen molar-refractivity contribution < 1.29 is 36.9 Å². The van der Waals surface area contributed by atoms with Crippen LogP contribution in [0.2, 0.25) is 5.02 Å². The van der Waals surface area contributed by atoms with Gasteiger partial charge in [0, 0.05) is 23.1 Å². The number of carbonyl (C=O) groups excluding carboxylic acids is 1. The number of aromatic nitrogens is 3. The summed E-state index contributed by atoms with van der Waals surface area (Å²) in [5.74, 6) is -0.419. The van der Waals surface area contributed by atoms with Crippen LogP contribution in [0.15, 0.2) is 36.4 Å². The van der Waals surface area contributed by atoms with Crippen LogP contribution in [-0.2, 0) is 27.1 Å². The Morgan fingerprint density at radius 3 is 2.49 bits per heavy atom. The van der Waals surface area contributed by atoms with Crippen LogP contribution in [-0.4, -0.2) is 41.6 Å². The van der Waals surface area contributed by atoms with Crippen LogP contribution in [0, 0.1) is 0 Å². The summed E-state index contributed by atoms with van der Waals surface area (Å²) in [4.78, 5) is 9.82. The minimum atomic E-state index is -4.68. The lowest BCUT2D eigenvalue weighted by Gasteiger charge is -2.22. The molecule has 2 aromatic carbocycles. The molecular weight excluding hydrogens is 491 g/mol. The first-order valence-corrected chi connectivity index (χ1v) is 10.8. The number of ether oxygens (including phenoxy) is 4. The number of hydrogen-bond donors (Lipinski definition) is 0. The summed E-state index contributed by atoms with van der Waals surface area (Å²) in [7, 11) is 2.98. The smallest absolute Gasteiger partial charge is 0.452 e. The van der Waals surface area contributed by atoms with Gasteiger partial charge in [0.15, 0.2) is 17.3 Å². The summed E-state index contributed by atoms with van der Waals surface area (Å²) >= 11 is 6.17. The molecule has 0 aliphatic carbocycles. The van der Waals surface area contributed by atoms with E-state index < -0.39 is 18.1 Å². The second kappa shape index (κ2) is 11.0. The van der Waals surface area contributed by atoms with Crippen molar-refractivity contribution in [1.29, 1.82) is 0 Å². The third kappa shape index (κ3) is 5.68. The van der Waals surface area contributed by atoms with Gasteiger partial charge in [0.05, 0.1) is 26.5 Å². The van der Waals surface area contributed by atoms with Crippen LogP contribution in [0.1, 0.15) is 42.7 Å². The highest BCUT2D eigenvalue weighted by Gasteiger charge is 2.41. The number of carbonyl (C=O) groups is 1. The number of methoxy groups -OCH3 is 2. The summed E-state index contributed by atoms with van der Waals surface area (Å²) in [6.45, 7) is 3.46. The van der Waals surface area contributed by atoms with Gasteiger partial charge in [-0.1, -0.05) is 23.7 Å². The molecule has 35 heavy (non-hydrogen) atoms. The van der Waals surface area contributed by atoms with Crippen LogP contribution < -0.4 is 9.47 Å². The van der Waals surface area contributed by atoms with Gasteiger partial charge in [0.1, 0.15) is 12.7 Å². The molecule has 0 spiro atoms. The molecule has 0 bridgehead atoms. The molecule has 4 rings (SSSR count). The van der Waals surface area contributed by atoms with E-state index in [4.69, 9.17) is 25.8 Å². The van der Waals surface area contributed by atoms with Gasteiger partial charge < -0.3 is 18.9 Å². The van der Waals surface area contributed by atoms with Gasteiger partial charge in [-0.15, -0.1) is 10.2 Å². The first-order chi connectivity index (χ1) is 16.6. The Kier molecular flexibility index (Phi) is 8.23. The van der Waals surface area contributed by atoms with Gasteiger partial charge in [-0.3, -0.25) is 9.36 Å². The molecule has 0 unspecified atom stereocenters. The zero-order chi connectivity index (χ0) is 25.8. The third-order valence-electron chi connectivity index (χ3n) is 4.94. The lowest BCUT2D eigenvalue weighted by Crippen LogP contribution is -2.16. The monoisotopic (exact) mass is 513 g/mol. The zero-order valence-corrected chi connectivity index (χ0v) is 20.1. The Morgan fingerprint density at radius 2 is 1.91 bits per heavy atom. The van der Waals surface area contributed by atoms with Crippen LogP contribution in [0.5, 0.6) is 11.5 Å². The first-order valence-electron chi connectivity index (χ1n) is 10.4. The van der Waals surface area contributed by atoms with Crippen LogP contribution in [0.4, 0.5) is 13.2 Å². The fraction of sp³-hybridized carbons (Fsp3) is 0.348. The van der Waals surface area contributed by atoms with Gasteiger partial charge in [-0.25, -0.2) is 0 Å². The molecule has 188 valence electrons. The second-order valence-electron chi connectivity index (χ2n) is 7.17. The maximum atomic E-state index is 13.5. The predicted molar refractivity (Wildman–Crippen MR) is 120 cm³/mol. The Labute approximate surface area is 204 Å². The van der Waals surface area contributed by atoms with Gasteiger partial charge in [-0.05, 0) is 31.2 Å². The summed E-state index contributed by atoms with van der Waals surface area (Å²) in [5, 5.41) is 7.36. The zero-order valence-electron chi connectivity index (χ0n) is 19.4. The summed E-state index contributed by atoms with van der Waals surface area (Å²) in [6.07, 6.45) is -5.45. The van der Waals surface area contributed by atoms with E-state index in [1.807, 2.05) is 0 Å². The number of benzene rings is 2. The largest absolute Gasteiger partial charge is 0.493 e. The number of para-hydroxylation sites is 1. The summed E-state index contributed by atoms with van der Waals surface area (Å²) in [6, 6.07) is 9.79. The first kappa shape index (κ1) is 26.3. The quantitative estimate of drug-likeness (QED) is 0.446. The van der Waals surface area contributed by atoms with Gasteiger partial charge in [0.2, 0.25) is 5.82 Å². The highest BCUT2D eigenvalue weighted by molar-refractivity contribution is 6.30. The lowest BCUT2D eigenvalue weighted by atomic mass is 9.98. The molecule has 1 atom stereocenters. The Balaban J connectivity index is 0.000000509. The van der Waals surface area contributed by atoms with Crippen molar-refractivity contribution in [3.63, 3.8) is 0 Å². The highest BCUT2D eigenvalue weighted by atomic mass is 35.5. The fourth-order valence-corrected chi connectivity index (χ4v) is 3.79. The highest BCUT2D eigenvalue weighted by Crippen LogP contribution is 2.44. The molecule has 1 aromatic heterocycles. The van der Waals surface area contributed by atoms with Crippen molar-refractivity contribution in [2.24, 2.45) is 0 Å². The minimum Gasteiger partial charge on any atom is -0.493 e.